The van der Waals surface area contributed by atoms with Crippen molar-refractivity contribution in [2.45, 2.75) is 18.4 Å². The van der Waals surface area contributed by atoms with Crippen molar-refractivity contribution in [3.63, 3.8) is 0 Å². The lowest BCUT2D eigenvalue weighted by atomic mass is 10.3. The number of rotatable bonds is 7. The second-order valence-electron chi connectivity index (χ2n) is 7.64. The van der Waals surface area contributed by atoms with Gasteiger partial charge in [0.25, 0.3) is 15.9 Å². The number of sulfonamides is 1. The van der Waals surface area contributed by atoms with Crippen molar-refractivity contribution in [1.29, 1.82) is 0 Å². The molecule has 4 aromatic heterocycles. The quantitative estimate of drug-likeness (QED) is 0.285. The van der Waals surface area contributed by atoms with Gasteiger partial charge in [-0.25, -0.2) is 17.9 Å². The fourth-order valence-electron chi connectivity index (χ4n) is 3.40. The molecule has 0 aliphatic carbocycles. The molecular weight excluding hydrogens is 586 g/mol. The number of nitrogens with zero attached hydrogens (tertiary/aromatic N) is 7. The standard InChI is InChI=1S/C22H17BrClN9O3S/c1-2-32-12-15(23)21(30-32)17-9-10-25-20-11-16(29-33(17)20)22(34)26-13-3-5-14(6-4-13)37(35,36)31-19-8-7-18(24)27-28-19/h3-12H,2H2,1H3,(H,26,34)(H,28,31). The van der Waals surface area contributed by atoms with E-state index in [0.717, 1.165) is 4.47 Å². The van der Waals surface area contributed by atoms with Gasteiger partial charge >= 0.3 is 0 Å². The summed E-state index contributed by atoms with van der Waals surface area (Å²) in [6, 6.07) is 11.8. The Morgan fingerprint density at radius 3 is 2.54 bits per heavy atom. The van der Waals surface area contributed by atoms with Crippen molar-refractivity contribution in [2.75, 3.05) is 10.0 Å². The van der Waals surface area contributed by atoms with Crippen molar-refractivity contribution in [1.82, 2.24) is 34.6 Å². The molecule has 12 nitrogen and oxygen atoms in total. The Hall–Kier alpha value is -3.88. The Labute approximate surface area is 223 Å². The van der Waals surface area contributed by atoms with E-state index in [2.05, 4.69) is 51.3 Å². The number of amides is 1. The summed E-state index contributed by atoms with van der Waals surface area (Å²) in [5.41, 5.74) is 2.31. The first-order valence-electron chi connectivity index (χ1n) is 10.7. The van der Waals surface area contributed by atoms with Crippen LogP contribution in [0.4, 0.5) is 11.5 Å². The largest absolute Gasteiger partial charge is 0.321 e. The minimum atomic E-state index is -3.92. The lowest BCUT2D eigenvalue weighted by Crippen LogP contribution is -2.15. The Morgan fingerprint density at radius 1 is 1.08 bits per heavy atom. The normalized spacial score (nSPS) is 11.5. The van der Waals surface area contributed by atoms with Gasteiger partial charge in [0.2, 0.25) is 0 Å². The average molecular weight is 603 g/mol. The molecule has 0 saturated heterocycles. The second-order valence-corrected chi connectivity index (χ2v) is 10.6. The molecule has 0 spiro atoms. The van der Waals surface area contributed by atoms with Gasteiger partial charge in [-0.05, 0) is 65.3 Å². The van der Waals surface area contributed by atoms with Crippen molar-refractivity contribution in [3.05, 3.63) is 76.2 Å². The van der Waals surface area contributed by atoms with Gasteiger partial charge in [-0.1, -0.05) is 11.6 Å². The summed E-state index contributed by atoms with van der Waals surface area (Å²) in [6.45, 7) is 2.68. The van der Waals surface area contributed by atoms with Crippen molar-refractivity contribution in [2.24, 2.45) is 0 Å². The van der Waals surface area contributed by atoms with Crippen LogP contribution in [0.15, 0.2) is 70.3 Å². The zero-order valence-electron chi connectivity index (χ0n) is 19.0. The topological polar surface area (TPSA) is 149 Å². The lowest BCUT2D eigenvalue weighted by molar-refractivity contribution is 0.102. The molecule has 1 amide bonds. The van der Waals surface area contributed by atoms with Crippen LogP contribution in [0.3, 0.4) is 0 Å². The molecule has 188 valence electrons. The van der Waals surface area contributed by atoms with Gasteiger partial charge in [0.1, 0.15) is 5.69 Å². The lowest BCUT2D eigenvalue weighted by Gasteiger charge is -2.08. The van der Waals surface area contributed by atoms with Crippen LogP contribution < -0.4 is 10.0 Å². The van der Waals surface area contributed by atoms with Gasteiger partial charge in [0.15, 0.2) is 22.3 Å². The molecule has 37 heavy (non-hydrogen) atoms. The summed E-state index contributed by atoms with van der Waals surface area (Å²) in [6.07, 6.45) is 3.48. The highest BCUT2D eigenvalue weighted by Crippen LogP contribution is 2.27. The van der Waals surface area contributed by atoms with E-state index in [-0.39, 0.29) is 21.6 Å². The van der Waals surface area contributed by atoms with E-state index >= 15 is 0 Å². The average Bonchev–Trinajstić information content (AvgIpc) is 3.49. The van der Waals surface area contributed by atoms with E-state index < -0.39 is 15.9 Å². The van der Waals surface area contributed by atoms with E-state index in [9.17, 15) is 13.2 Å². The summed E-state index contributed by atoms with van der Waals surface area (Å²) < 4.78 is 31.6. The molecule has 0 fully saturated rings. The fourth-order valence-corrected chi connectivity index (χ4v) is 5.01. The van der Waals surface area contributed by atoms with Gasteiger partial charge in [0, 0.05) is 30.7 Å². The van der Waals surface area contributed by atoms with Crippen LogP contribution >= 0.6 is 27.5 Å². The van der Waals surface area contributed by atoms with Crippen LogP contribution in [0, 0.1) is 0 Å². The molecular formula is C22H17BrClN9O3S. The molecule has 0 bridgehead atoms. The highest BCUT2D eigenvalue weighted by molar-refractivity contribution is 9.10. The van der Waals surface area contributed by atoms with Crippen molar-refractivity contribution < 1.29 is 13.2 Å². The fraction of sp³-hybridized carbons (Fsp3) is 0.0909. The van der Waals surface area contributed by atoms with Crippen LogP contribution in [0.5, 0.6) is 0 Å². The molecule has 15 heteroatoms. The van der Waals surface area contributed by atoms with Gasteiger partial charge < -0.3 is 5.32 Å². The minimum Gasteiger partial charge on any atom is -0.321 e. The third kappa shape index (κ3) is 5.16. The molecule has 4 heterocycles. The number of aromatic nitrogens is 7. The van der Waals surface area contributed by atoms with E-state index in [0.29, 0.717) is 29.3 Å². The highest BCUT2D eigenvalue weighted by Gasteiger charge is 2.19. The maximum atomic E-state index is 12.9. The molecule has 5 rings (SSSR count). The van der Waals surface area contributed by atoms with E-state index in [4.69, 9.17) is 11.6 Å². The summed E-state index contributed by atoms with van der Waals surface area (Å²) in [5.74, 6) is -0.463. The number of halogens is 2. The monoisotopic (exact) mass is 601 g/mol. The number of aryl methyl sites for hydroxylation is 1. The molecule has 0 unspecified atom stereocenters. The van der Waals surface area contributed by atoms with Crippen LogP contribution in [0.2, 0.25) is 5.15 Å². The summed E-state index contributed by atoms with van der Waals surface area (Å²) in [5, 5.41) is 19.1. The molecule has 5 aromatic rings. The smallest absolute Gasteiger partial charge is 0.276 e. The molecule has 2 N–H and O–H groups in total. The predicted molar refractivity (Wildman–Crippen MR) is 140 cm³/mol. The molecule has 1 aromatic carbocycles. The highest BCUT2D eigenvalue weighted by atomic mass is 79.9. The first-order chi connectivity index (χ1) is 17.7. The van der Waals surface area contributed by atoms with Gasteiger partial charge in [0.05, 0.1) is 15.1 Å². The first kappa shape index (κ1) is 24.8. The van der Waals surface area contributed by atoms with E-state index in [1.54, 1.807) is 27.5 Å². The zero-order valence-corrected chi connectivity index (χ0v) is 22.2. The van der Waals surface area contributed by atoms with E-state index in [1.807, 2.05) is 13.1 Å². The minimum absolute atomic E-state index is 0.0232. The zero-order chi connectivity index (χ0) is 26.2. The number of fused-ring (bicyclic) bond motifs is 1. The van der Waals surface area contributed by atoms with Crippen LogP contribution in [0.25, 0.3) is 17.0 Å². The van der Waals surface area contributed by atoms with Gasteiger partial charge in [-0.15, -0.1) is 10.2 Å². The maximum Gasteiger partial charge on any atom is 0.276 e. The SMILES string of the molecule is CCn1cc(Br)c(-c2ccnc3cc(C(=O)Nc4ccc(S(=O)(=O)Nc5ccc(Cl)nn5)cc4)nn23)n1. The van der Waals surface area contributed by atoms with Crippen LogP contribution in [-0.2, 0) is 16.6 Å². The number of anilines is 2. The summed E-state index contributed by atoms with van der Waals surface area (Å²) in [7, 11) is -3.92. The number of carbonyl (C=O) groups excluding carboxylic acids is 1. The number of benzene rings is 1. The van der Waals surface area contributed by atoms with Gasteiger partial charge in [-0.3, -0.25) is 14.2 Å². The Balaban J connectivity index is 1.35. The Bertz CT molecular complexity index is 1720. The molecule has 0 aliphatic heterocycles. The number of hydrogen-bond donors (Lipinski definition) is 2. The Kier molecular flexibility index (Phi) is 6.62. The molecule has 0 atom stereocenters. The first-order valence-corrected chi connectivity index (χ1v) is 13.4. The number of carbonyl (C=O) groups is 1. The van der Waals surface area contributed by atoms with E-state index in [1.165, 1.54) is 36.4 Å². The molecule has 0 aliphatic rings. The predicted octanol–water partition coefficient (Wildman–Crippen LogP) is 3.87. The number of nitrogens with one attached hydrogen (secondary N) is 2. The summed E-state index contributed by atoms with van der Waals surface area (Å²) in [4.78, 5) is 17.2. The molecule has 0 saturated carbocycles. The summed E-state index contributed by atoms with van der Waals surface area (Å²) >= 11 is 9.19. The Morgan fingerprint density at radius 2 is 1.86 bits per heavy atom. The third-order valence-electron chi connectivity index (χ3n) is 5.17. The second kappa shape index (κ2) is 9.88. The van der Waals surface area contributed by atoms with Gasteiger partial charge in [-0.2, -0.15) is 10.2 Å². The van der Waals surface area contributed by atoms with Crippen LogP contribution in [-0.4, -0.2) is 48.9 Å². The van der Waals surface area contributed by atoms with Crippen LogP contribution in [0.1, 0.15) is 17.4 Å². The maximum absolute atomic E-state index is 12.9. The molecule has 0 radical (unpaired) electrons. The van der Waals surface area contributed by atoms with Crippen molar-refractivity contribution in [3.8, 4) is 11.4 Å². The number of hydrogen-bond acceptors (Lipinski definition) is 8. The third-order valence-corrected chi connectivity index (χ3v) is 7.32. The van der Waals surface area contributed by atoms with Crippen molar-refractivity contribution >= 4 is 60.6 Å².